The summed E-state index contributed by atoms with van der Waals surface area (Å²) in [5.41, 5.74) is 5.49. The van der Waals surface area contributed by atoms with Gasteiger partial charge in [0.1, 0.15) is 5.82 Å². The minimum Gasteiger partial charge on any atom is -0.481 e. The third-order valence-electron chi connectivity index (χ3n) is 2.88. The summed E-state index contributed by atoms with van der Waals surface area (Å²) in [5, 5.41) is 11.9. The van der Waals surface area contributed by atoms with Gasteiger partial charge in [0.25, 0.3) is 5.91 Å². The van der Waals surface area contributed by atoms with Crippen LogP contribution in [-0.4, -0.2) is 23.5 Å². The van der Waals surface area contributed by atoms with E-state index in [1.54, 1.807) is 13.8 Å². The van der Waals surface area contributed by atoms with Crippen molar-refractivity contribution in [2.45, 2.75) is 13.8 Å². The average Bonchev–Trinajstić information content (AvgIpc) is 2.29. The van der Waals surface area contributed by atoms with Gasteiger partial charge in [0.2, 0.25) is 0 Å². The maximum absolute atomic E-state index is 13.0. The molecule has 19 heavy (non-hydrogen) atoms. The van der Waals surface area contributed by atoms with Crippen LogP contribution >= 0.6 is 0 Å². The van der Waals surface area contributed by atoms with Crippen LogP contribution in [0.5, 0.6) is 0 Å². The van der Waals surface area contributed by atoms with Gasteiger partial charge in [-0.15, -0.1) is 0 Å². The molecule has 0 aromatic heterocycles. The molecule has 0 fully saturated rings. The molecular weight excluding hydrogens is 251 g/mol. The van der Waals surface area contributed by atoms with E-state index in [0.717, 1.165) is 6.07 Å². The van der Waals surface area contributed by atoms with E-state index < -0.39 is 23.6 Å². The Balaban J connectivity index is 2.88. The lowest BCUT2D eigenvalue weighted by Gasteiger charge is -2.18. The van der Waals surface area contributed by atoms with Gasteiger partial charge < -0.3 is 16.2 Å². The Morgan fingerprint density at radius 1 is 1.42 bits per heavy atom. The van der Waals surface area contributed by atoms with Crippen molar-refractivity contribution in [1.29, 1.82) is 0 Å². The number of hydrogen-bond donors (Lipinski definition) is 3. The largest absolute Gasteiger partial charge is 0.481 e. The number of nitrogens with one attached hydrogen (secondary N) is 1. The fourth-order valence-electron chi connectivity index (χ4n) is 1.70. The maximum atomic E-state index is 13.0. The third kappa shape index (κ3) is 3.94. The Labute approximate surface area is 110 Å². The molecule has 5 nitrogen and oxygen atoms in total. The molecular formula is C13H17FN2O3. The number of primary amides is 1. The van der Waals surface area contributed by atoms with Crippen molar-refractivity contribution in [2.75, 3.05) is 11.9 Å². The van der Waals surface area contributed by atoms with Crippen LogP contribution < -0.4 is 11.1 Å². The van der Waals surface area contributed by atoms with Crippen LogP contribution in [0.4, 0.5) is 10.1 Å². The minimum atomic E-state index is -0.926. The predicted molar refractivity (Wildman–Crippen MR) is 69.4 cm³/mol. The Bertz CT molecular complexity index is 489. The van der Waals surface area contributed by atoms with Gasteiger partial charge >= 0.3 is 5.97 Å². The van der Waals surface area contributed by atoms with Crippen molar-refractivity contribution in [2.24, 2.45) is 17.6 Å². The molecule has 0 spiro atoms. The second-order valence-corrected chi connectivity index (χ2v) is 4.62. The first-order valence-corrected chi connectivity index (χ1v) is 5.89. The molecule has 104 valence electrons. The van der Waals surface area contributed by atoms with Crippen molar-refractivity contribution >= 4 is 17.6 Å². The summed E-state index contributed by atoms with van der Waals surface area (Å²) in [5.74, 6) is -2.94. The van der Waals surface area contributed by atoms with Gasteiger partial charge in [0, 0.05) is 12.2 Å². The summed E-state index contributed by atoms with van der Waals surface area (Å²) in [7, 11) is 0. The number of anilines is 1. The molecule has 6 heteroatoms. The number of carbonyl (C=O) groups excluding carboxylic acids is 1. The van der Waals surface area contributed by atoms with Crippen LogP contribution in [0.15, 0.2) is 18.2 Å². The van der Waals surface area contributed by atoms with Crippen LogP contribution in [0.25, 0.3) is 0 Å². The van der Waals surface area contributed by atoms with E-state index >= 15 is 0 Å². The second-order valence-electron chi connectivity index (χ2n) is 4.62. The Hall–Kier alpha value is -2.11. The fraction of sp³-hybridized carbons (Fsp3) is 0.385. The summed E-state index contributed by atoms with van der Waals surface area (Å²) < 4.78 is 13.0. The molecule has 0 aliphatic heterocycles. The lowest BCUT2D eigenvalue weighted by Crippen LogP contribution is -2.28. The minimum absolute atomic E-state index is 0.00731. The smallest absolute Gasteiger partial charge is 0.308 e. The summed E-state index contributed by atoms with van der Waals surface area (Å²) >= 11 is 0. The Morgan fingerprint density at radius 3 is 2.53 bits per heavy atom. The molecule has 0 aliphatic rings. The molecule has 0 saturated carbocycles. The number of nitrogens with two attached hydrogens (primary N) is 1. The number of carboxylic acids is 1. The molecule has 1 rings (SSSR count). The molecule has 1 unspecified atom stereocenters. The van der Waals surface area contributed by atoms with E-state index in [0.29, 0.717) is 5.69 Å². The Kier molecular flexibility index (Phi) is 4.86. The first-order valence-electron chi connectivity index (χ1n) is 5.89. The molecule has 1 atom stereocenters. The lowest BCUT2D eigenvalue weighted by molar-refractivity contribution is -0.142. The highest BCUT2D eigenvalue weighted by Crippen LogP contribution is 2.19. The van der Waals surface area contributed by atoms with Crippen LogP contribution in [0, 0.1) is 17.7 Å². The van der Waals surface area contributed by atoms with Gasteiger partial charge in [0.15, 0.2) is 0 Å². The number of carbonyl (C=O) groups is 2. The molecule has 0 radical (unpaired) electrons. The van der Waals surface area contributed by atoms with Gasteiger partial charge in [-0.05, 0) is 24.1 Å². The summed E-state index contributed by atoms with van der Waals surface area (Å²) in [4.78, 5) is 22.2. The molecule has 4 N–H and O–H groups in total. The van der Waals surface area contributed by atoms with Gasteiger partial charge in [-0.3, -0.25) is 9.59 Å². The monoisotopic (exact) mass is 268 g/mol. The van der Waals surface area contributed by atoms with Crippen LogP contribution in [0.3, 0.4) is 0 Å². The van der Waals surface area contributed by atoms with Gasteiger partial charge in [-0.2, -0.15) is 0 Å². The first-order chi connectivity index (χ1) is 8.82. The van der Waals surface area contributed by atoms with Gasteiger partial charge in [-0.25, -0.2) is 4.39 Å². The van der Waals surface area contributed by atoms with Gasteiger partial charge in [0.05, 0.1) is 11.5 Å². The summed E-state index contributed by atoms with van der Waals surface area (Å²) in [6.45, 7) is 3.72. The summed E-state index contributed by atoms with van der Waals surface area (Å²) in [6.07, 6.45) is 0. The van der Waals surface area contributed by atoms with Crippen molar-refractivity contribution in [1.82, 2.24) is 0 Å². The zero-order valence-corrected chi connectivity index (χ0v) is 10.8. The van der Waals surface area contributed by atoms with Crippen LogP contribution in [-0.2, 0) is 4.79 Å². The van der Waals surface area contributed by atoms with E-state index in [2.05, 4.69) is 5.32 Å². The third-order valence-corrected chi connectivity index (χ3v) is 2.88. The maximum Gasteiger partial charge on any atom is 0.308 e. The predicted octanol–water partition coefficient (Wildman–Crippen LogP) is 1.69. The molecule has 1 aromatic carbocycles. The molecule has 0 saturated heterocycles. The molecule has 1 amide bonds. The first kappa shape index (κ1) is 14.9. The number of carboxylic acid groups (broad SMARTS) is 1. The van der Waals surface area contributed by atoms with Gasteiger partial charge in [-0.1, -0.05) is 13.8 Å². The molecule has 0 aliphatic carbocycles. The van der Waals surface area contributed by atoms with Crippen molar-refractivity contribution in [3.8, 4) is 0 Å². The number of aliphatic carboxylic acids is 1. The number of rotatable bonds is 6. The number of benzene rings is 1. The fourth-order valence-corrected chi connectivity index (χ4v) is 1.70. The highest BCUT2D eigenvalue weighted by atomic mass is 19.1. The topological polar surface area (TPSA) is 92.4 Å². The highest BCUT2D eigenvalue weighted by molar-refractivity contribution is 5.98. The Morgan fingerprint density at radius 2 is 2.05 bits per heavy atom. The van der Waals surface area contributed by atoms with E-state index in [-0.39, 0.29) is 18.0 Å². The zero-order chi connectivity index (χ0) is 14.6. The zero-order valence-electron chi connectivity index (χ0n) is 10.8. The quantitative estimate of drug-likeness (QED) is 0.732. The van der Waals surface area contributed by atoms with Crippen LogP contribution in [0.2, 0.25) is 0 Å². The summed E-state index contributed by atoms with van der Waals surface area (Å²) in [6, 6.07) is 3.57. The van der Waals surface area contributed by atoms with E-state index in [1.807, 2.05) is 0 Å². The van der Waals surface area contributed by atoms with E-state index in [4.69, 9.17) is 10.8 Å². The SMILES string of the molecule is CC(C)C(CNc1ccc(F)cc1C(N)=O)C(=O)O. The van der Waals surface area contributed by atoms with E-state index in [1.165, 1.54) is 12.1 Å². The van der Waals surface area contributed by atoms with E-state index in [9.17, 15) is 14.0 Å². The number of amides is 1. The second kappa shape index (κ2) is 6.17. The lowest BCUT2D eigenvalue weighted by atomic mass is 9.96. The van der Waals surface area contributed by atoms with Crippen molar-refractivity contribution in [3.05, 3.63) is 29.6 Å². The number of halogens is 1. The van der Waals surface area contributed by atoms with Crippen molar-refractivity contribution < 1.29 is 19.1 Å². The highest BCUT2D eigenvalue weighted by Gasteiger charge is 2.21. The molecule has 0 heterocycles. The average molecular weight is 268 g/mol. The van der Waals surface area contributed by atoms with Crippen molar-refractivity contribution in [3.63, 3.8) is 0 Å². The number of hydrogen-bond acceptors (Lipinski definition) is 3. The molecule has 1 aromatic rings. The molecule has 0 bridgehead atoms. The standard InChI is InChI=1S/C13H17FN2O3/c1-7(2)10(13(18)19)6-16-11-4-3-8(14)5-9(11)12(15)17/h3-5,7,10,16H,6H2,1-2H3,(H2,15,17)(H,18,19). The normalized spacial score (nSPS) is 12.2. The van der Waals surface area contributed by atoms with Crippen LogP contribution in [0.1, 0.15) is 24.2 Å².